The van der Waals surface area contributed by atoms with Gasteiger partial charge in [0.15, 0.2) is 0 Å². The molecule has 2 amide bonds. The van der Waals surface area contributed by atoms with Crippen LogP contribution in [-0.2, 0) is 9.53 Å². The van der Waals surface area contributed by atoms with Crippen LogP contribution in [0.3, 0.4) is 0 Å². The van der Waals surface area contributed by atoms with Crippen molar-refractivity contribution in [1.29, 1.82) is 0 Å². The van der Waals surface area contributed by atoms with E-state index in [1.807, 2.05) is 0 Å². The Morgan fingerprint density at radius 1 is 1.48 bits per heavy atom. The van der Waals surface area contributed by atoms with E-state index in [0.717, 1.165) is 0 Å². The molecule has 0 unspecified atom stereocenters. The summed E-state index contributed by atoms with van der Waals surface area (Å²) in [5.41, 5.74) is -0.343. The summed E-state index contributed by atoms with van der Waals surface area (Å²) in [7, 11) is 1.46. The van der Waals surface area contributed by atoms with Gasteiger partial charge in [0.25, 0.3) is 11.8 Å². The van der Waals surface area contributed by atoms with Crippen LogP contribution >= 0.6 is 0 Å². The SMILES string of the molecule is COc1cc(C(=O)N2CCC3(CC2)CNC(=O)CO3)on1. The predicted octanol–water partition coefficient (Wildman–Crippen LogP) is -0.196. The Bertz CT molecular complexity index is 536. The van der Waals surface area contributed by atoms with Crippen LogP contribution in [-0.4, -0.2) is 60.8 Å². The second kappa shape index (κ2) is 5.36. The molecule has 2 fully saturated rings. The normalized spacial score (nSPS) is 21.2. The molecule has 0 radical (unpaired) electrons. The Labute approximate surface area is 121 Å². The average Bonchev–Trinajstić information content (AvgIpc) is 3.00. The van der Waals surface area contributed by atoms with E-state index in [-0.39, 0.29) is 35.7 Å². The molecule has 3 rings (SSSR count). The lowest BCUT2D eigenvalue weighted by Crippen LogP contribution is -2.57. The molecular weight excluding hydrogens is 278 g/mol. The lowest BCUT2D eigenvalue weighted by molar-refractivity contribution is -0.149. The van der Waals surface area contributed by atoms with Gasteiger partial charge in [-0.05, 0) is 18.0 Å². The number of carbonyl (C=O) groups excluding carboxylic acids is 2. The number of piperidine rings is 1. The third-order valence-electron chi connectivity index (χ3n) is 3.99. The number of amides is 2. The van der Waals surface area contributed by atoms with E-state index >= 15 is 0 Å². The molecule has 0 aliphatic carbocycles. The van der Waals surface area contributed by atoms with Crippen molar-refractivity contribution in [2.45, 2.75) is 18.4 Å². The summed E-state index contributed by atoms with van der Waals surface area (Å²) in [6.07, 6.45) is 1.37. The lowest BCUT2D eigenvalue weighted by atomic mass is 9.90. The minimum Gasteiger partial charge on any atom is -0.479 e. The molecule has 1 aromatic heterocycles. The highest BCUT2D eigenvalue weighted by Gasteiger charge is 2.40. The summed E-state index contributed by atoms with van der Waals surface area (Å²) < 4.78 is 15.5. The first-order valence-corrected chi connectivity index (χ1v) is 6.82. The number of rotatable bonds is 2. The molecule has 0 bridgehead atoms. The topological polar surface area (TPSA) is 93.9 Å². The van der Waals surface area contributed by atoms with Gasteiger partial charge in [0, 0.05) is 19.6 Å². The number of hydrogen-bond donors (Lipinski definition) is 1. The minimum absolute atomic E-state index is 0.0899. The highest BCUT2D eigenvalue weighted by Crippen LogP contribution is 2.28. The van der Waals surface area contributed by atoms with Crippen molar-refractivity contribution in [3.05, 3.63) is 11.8 Å². The molecule has 1 aromatic rings. The van der Waals surface area contributed by atoms with Crippen molar-refractivity contribution in [1.82, 2.24) is 15.4 Å². The van der Waals surface area contributed by atoms with E-state index in [0.29, 0.717) is 32.5 Å². The Morgan fingerprint density at radius 3 is 2.81 bits per heavy atom. The molecule has 21 heavy (non-hydrogen) atoms. The molecule has 2 aliphatic heterocycles. The zero-order valence-corrected chi connectivity index (χ0v) is 11.8. The molecule has 0 saturated carbocycles. The van der Waals surface area contributed by atoms with Gasteiger partial charge < -0.3 is 24.2 Å². The second-order valence-electron chi connectivity index (χ2n) is 5.27. The van der Waals surface area contributed by atoms with E-state index in [4.69, 9.17) is 14.0 Å². The molecular formula is C13H17N3O5. The second-order valence-corrected chi connectivity index (χ2v) is 5.27. The van der Waals surface area contributed by atoms with Gasteiger partial charge in [-0.2, -0.15) is 0 Å². The number of hydrogen-bond acceptors (Lipinski definition) is 6. The number of nitrogens with one attached hydrogen (secondary N) is 1. The largest absolute Gasteiger partial charge is 0.479 e. The smallest absolute Gasteiger partial charge is 0.292 e. The average molecular weight is 295 g/mol. The molecule has 8 nitrogen and oxygen atoms in total. The number of aromatic nitrogens is 1. The van der Waals surface area contributed by atoms with E-state index in [1.165, 1.54) is 13.2 Å². The van der Waals surface area contributed by atoms with Crippen molar-refractivity contribution in [2.24, 2.45) is 0 Å². The van der Waals surface area contributed by atoms with E-state index in [9.17, 15) is 9.59 Å². The van der Waals surface area contributed by atoms with Crippen LogP contribution in [0.2, 0.25) is 0 Å². The predicted molar refractivity (Wildman–Crippen MR) is 69.9 cm³/mol. The Balaban J connectivity index is 1.60. The number of likely N-dealkylation sites (tertiary alicyclic amines) is 1. The Morgan fingerprint density at radius 2 is 2.24 bits per heavy atom. The molecule has 3 heterocycles. The molecule has 1 spiro atoms. The standard InChI is InChI=1S/C13H17N3O5/c1-19-11-6-9(21-15-11)12(18)16-4-2-13(3-5-16)8-14-10(17)7-20-13/h6H,2-5,7-8H2,1H3,(H,14,17). The Kier molecular flexibility index (Phi) is 3.54. The van der Waals surface area contributed by atoms with Crippen molar-refractivity contribution in [2.75, 3.05) is 33.4 Å². The first-order chi connectivity index (χ1) is 10.1. The zero-order chi connectivity index (χ0) is 14.9. The molecule has 8 heteroatoms. The van der Waals surface area contributed by atoms with Crippen LogP contribution in [0.5, 0.6) is 5.88 Å². The number of carbonyl (C=O) groups is 2. The van der Waals surface area contributed by atoms with Crippen LogP contribution in [0.1, 0.15) is 23.4 Å². The maximum atomic E-state index is 12.3. The lowest BCUT2D eigenvalue weighted by Gasteiger charge is -2.43. The van der Waals surface area contributed by atoms with Gasteiger partial charge in [0.1, 0.15) is 6.61 Å². The Hall–Kier alpha value is -2.09. The molecule has 0 aromatic carbocycles. The van der Waals surface area contributed by atoms with Crippen LogP contribution in [0.4, 0.5) is 0 Å². The molecule has 2 aliphatic rings. The fraction of sp³-hybridized carbons (Fsp3) is 0.615. The quantitative estimate of drug-likeness (QED) is 0.812. The van der Waals surface area contributed by atoms with E-state index in [2.05, 4.69) is 10.5 Å². The molecule has 0 atom stereocenters. The summed E-state index contributed by atoms with van der Waals surface area (Å²) in [4.78, 5) is 25.1. The van der Waals surface area contributed by atoms with Gasteiger partial charge in [0.2, 0.25) is 11.7 Å². The van der Waals surface area contributed by atoms with Crippen LogP contribution in [0, 0.1) is 0 Å². The van der Waals surface area contributed by atoms with Gasteiger partial charge in [-0.15, -0.1) is 0 Å². The summed E-state index contributed by atoms with van der Waals surface area (Å²) in [6, 6.07) is 1.48. The first-order valence-electron chi connectivity index (χ1n) is 6.82. The summed E-state index contributed by atoms with van der Waals surface area (Å²) in [6.45, 7) is 1.70. The summed E-state index contributed by atoms with van der Waals surface area (Å²) in [5.74, 6) is 0.152. The number of ether oxygens (including phenoxy) is 2. The number of morpholine rings is 1. The highest BCUT2D eigenvalue weighted by atomic mass is 16.5. The number of methoxy groups -OCH3 is 1. The van der Waals surface area contributed by atoms with Gasteiger partial charge >= 0.3 is 0 Å². The van der Waals surface area contributed by atoms with Crippen LogP contribution in [0.15, 0.2) is 10.6 Å². The maximum absolute atomic E-state index is 12.3. The highest BCUT2D eigenvalue weighted by molar-refractivity contribution is 5.91. The molecule has 114 valence electrons. The van der Waals surface area contributed by atoms with Gasteiger partial charge in [-0.25, -0.2) is 0 Å². The summed E-state index contributed by atoms with van der Waals surface area (Å²) >= 11 is 0. The van der Waals surface area contributed by atoms with E-state index in [1.54, 1.807) is 4.90 Å². The fourth-order valence-electron chi connectivity index (χ4n) is 2.63. The van der Waals surface area contributed by atoms with Crippen molar-refractivity contribution < 1.29 is 23.6 Å². The third kappa shape index (κ3) is 2.71. The third-order valence-corrected chi connectivity index (χ3v) is 3.99. The molecule has 2 saturated heterocycles. The fourth-order valence-corrected chi connectivity index (χ4v) is 2.63. The van der Waals surface area contributed by atoms with Gasteiger partial charge in [-0.3, -0.25) is 9.59 Å². The summed E-state index contributed by atoms with van der Waals surface area (Å²) in [5, 5.41) is 6.44. The number of nitrogens with zero attached hydrogens (tertiary/aromatic N) is 2. The van der Waals surface area contributed by atoms with Crippen LogP contribution < -0.4 is 10.1 Å². The first kappa shape index (κ1) is 13.9. The zero-order valence-electron chi connectivity index (χ0n) is 11.8. The monoisotopic (exact) mass is 295 g/mol. The van der Waals surface area contributed by atoms with E-state index < -0.39 is 0 Å². The minimum atomic E-state index is -0.343. The van der Waals surface area contributed by atoms with Crippen molar-refractivity contribution in [3.63, 3.8) is 0 Å². The van der Waals surface area contributed by atoms with Gasteiger partial charge in [0.05, 0.1) is 18.8 Å². The van der Waals surface area contributed by atoms with Crippen LogP contribution in [0.25, 0.3) is 0 Å². The van der Waals surface area contributed by atoms with Crippen molar-refractivity contribution in [3.8, 4) is 5.88 Å². The molecule has 1 N–H and O–H groups in total. The van der Waals surface area contributed by atoms with Gasteiger partial charge in [-0.1, -0.05) is 0 Å². The van der Waals surface area contributed by atoms with Crippen molar-refractivity contribution >= 4 is 11.8 Å². The maximum Gasteiger partial charge on any atom is 0.292 e.